The lowest BCUT2D eigenvalue weighted by molar-refractivity contribution is 0.617. The lowest BCUT2D eigenvalue weighted by Gasteiger charge is -2.10. The molecule has 0 fully saturated rings. The molecule has 0 saturated heterocycles. The monoisotopic (exact) mass is 490 g/mol. The van der Waals surface area contributed by atoms with Gasteiger partial charge in [-0.15, -0.1) is 0 Å². The molecule has 35 heavy (non-hydrogen) atoms. The van der Waals surface area contributed by atoms with Crippen LogP contribution < -0.4 is 0 Å². The lowest BCUT2D eigenvalue weighted by Crippen LogP contribution is -1.97. The summed E-state index contributed by atoms with van der Waals surface area (Å²) in [5.41, 5.74) is 5.43. The fourth-order valence-electron chi connectivity index (χ4n) is 4.63. The van der Waals surface area contributed by atoms with Crippen molar-refractivity contribution >= 4 is 22.4 Å². The Labute approximate surface area is 213 Å². The molecule has 0 radical (unpaired) electrons. The first-order chi connectivity index (χ1) is 17.0. The minimum atomic E-state index is -0.436. The molecule has 0 atom stereocenters. The zero-order valence-corrected chi connectivity index (χ0v) is 21.2. The zero-order valence-electron chi connectivity index (χ0n) is 20.4. The van der Waals surface area contributed by atoms with Crippen LogP contribution >= 0.6 is 11.6 Å². The third kappa shape index (κ3) is 6.92. The highest BCUT2D eigenvalue weighted by Gasteiger charge is 2.10. The molecule has 4 aromatic rings. The first kappa shape index (κ1) is 25.4. The van der Waals surface area contributed by atoms with Crippen LogP contribution in [0.1, 0.15) is 60.4 Å². The van der Waals surface area contributed by atoms with Crippen LogP contribution in [-0.4, -0.2) is 0 Å². The number of unbranched alkanes of at least 4 members (excludes halogenated alkanes) is 3. The van der Waals surface area contributed by atoms with Gasteiger partial charge in [0.25, 0.3) is 0 Å². The fourth-order valence-corrected chi connectivity index (χ4v) is 4.74. The van der Waals surface area contributed by atoms with E-state index < -0.39 is 5.82 Å². The van der Waals surface area contributed by atoms with Gasteiger partial charge in [-0.2, -0.15) is 0 Å². The van der Waals surface area contributed by atoms with E-state index in [2.05, 4.69) is 37.3 Å². The van der Waals surface area contributed by atoms with Gasteiger partial charge in [-0.05, 0) is 83.9 Å². The molecule has 0 aromatic heterocycles. The molecule has 0 saturated carbocycles. The second-order valence-corrected chi connectivity index (χ2v) is 9.88. The molecule has 182 valence electrons. The van der Waals surface area contributed by atoms with E-state index in [1.807, 2.05) is 24.3 Å². The average molecular weight is 491 g/mol. The van der Waals surface area contributed by atoms with E-state index >= 15 is 4.39 Å². The van der Waals surface area contributed by atoms with Crippen LogP contribution in [0.4, 0.5) is 8.78 Å². The highest BCUT2D eigenvalue weighted by atomic mass is 35.5. The van der Waals surface area contributed by atoms with Gasteiger partial charge in [0.15, 0.2) is 0 Å². The topological polar surface area (TPSA) is 0 Å². The van der Waals surface area contributed by atoms with Gasteiger partial charge in [0.05, 0.1) is 5.02 Å². The van der Waals surface area contributed by atoms with Gasteiger partial charge in [0, 0.05) is 5.39 Å². The normalized spacial score (nSPS) is 11.3. The van der Waals surface area contributed by atoms with Crippen molar-refractivity contribution < 1.29 is 8.78 Å². The van der Waals surface area contributed by atoms with Crippen LogP contribution in [-0.2, 0) is 32.1 Å². The van der Waals surface area contributed by atoms with Gasteiger partial charge in [-0.3, -0.25) is 0 Å². The van der Waals surface area contributed by atoms with Crippen LogP contribution in [0, 0.1) is 11.6 Å². The Morgan fingerprint density at radius 1 is 0.600 bits per heavy atom. The third-order valence-corrected chi connectivity index (χ3v) is 7.12. The fraction of sp³-hybridized carbons (Fsp3) is 0.312. The van der Waals surface area contributed by atoms with E-state index in [1.165, 1.54) is 48.4 Å². The maximum atomic E-state index is 15.2. The summed E-state index contributed by atoms with van der Waals surface area (Å²) in [7, 11) is 0. The molecule has 0 aliphatic rings. The number of fused-ring (bicyclic) bond motifs is 1. The van der Waals surface area contributed by atoms with E-state index in [9.17, 15) is 4.39 Å². The van der Waals surface area contributed by atoms with Crippen molar-refractivity contribution in [1.82, 2.24) is 0 Å². The van der Waals surface area contributed by atoms with Crippen molar-refractivity contribution in [2.75, 3.05) is 0 Å². The SMILES string of the molecule is CCCCCCc1ccc(CCc2ccc3c(F)c(CCc4ccc(Cl)c(F)c4)ccc3c2)cc1. The van der Waals surface area contributed by atoms with Crippen LogP contribution in [0.2, 0.25) is 5.02 Å². The molecule has 0 heterocycles. The van der Waals surface area contributed by atoms with Crippen molar-refractivity contribution in [3.05, 3.63) is 117 Å². The van der Waals surface area contributed by atoms with Crippen molar-refractivity contribution in [2.24, 2.45) is 0 Å². The maximum Gasteiger partial charge on any atom is 0.142 e. The number of aryl methyl sites for hydroxylation is 5. The first-order valence-corrected chi connectivity index (χ1v) is 13.1. The second kappa shape index (κ2) is 12.3. The zero-order chi connectivity index (χ0) is 24.6. The Balaban J connectivity index is 1.35. The van der Waals surface area contributed by atoms with Gasteiger partial charge in [-0.1, -0.05) is 98.5 Å². The summed E-state index contributed by atoms with van der Waals surface area (Å²) in [5.74, 6) is -0.618. The minimum absolute atomic E-state index is 0.108. The smallest absolute Gasteiger partial charge is 0.142 e. The lowest BCUT2D eigenvalue weighted by atomic mass is 9.97. The van der Waals surface area contributed by atoms with Gasteiger partial charge in [0.1, 0.15) is 11.6 Å². The molecule has 0 N–H and O–H groups in total. The molecule has 3 heteroatoms. The Morgan fingerprint density at radius 3 is 1.97 bits per heavy atom. The average Bonchev–Trinajstić information content (AvgIpc) is 2.87. The van der Waals surface area contributed by atoms with E-state index in [0.717, 1.165) is 30.2 Å². The van der Waals surface area contributed by atoms with E-state index in [1.54, 1.807) is 12.1 Å². The third-order valence-electron chi connectivity index (χ3n) is 6.81. The Morgan fingerprint density at radius 2 is 1.23 bits per heavy atom. The molecule has 0 aliphatic heterocycles. The van der Waals surface area contributed by atoms with Crippen molar-refractivity contribution in [3.63, 3.8) is 0 Å². The van der Waals surface area contributed by atoms with Crippen LogP contribution in [0.5, 0.6) is 0 Å². The van der Waals surface area contributed by atoms with E-state index in [-0.39, 0.29) is 10.8 Å². The molecule has 0 spiro atoms. The molecule has 0 unspecified atom stereocenters. The number of rotatable bonds is 11. The maximum absolute atomic E-state index is 15.2. The number of hydrogen-bond donors (Lipinski definition) is 0. The number of halogens is 3. The molecule has 4 aromatic carbocycles. The Kier molecular flexibility index (Phi) is 8.93. The quantitative estimate of drug-likeness (QED) is 0.184. The number of hydrogen-bond acceptors (Lipinski definition) is 0. The summed E-state index contributed by atoms with van der Waals surface area (Å²) >= 11 is 5.75. The summed E-state index contributed by atoms with van der Waals surface area (Å²) in [4.78, 5) is 0. The van der Waals surface area contributed by atoms with Crippen molar-refractivity contribution in [1.29, 1.82) is 0 Å². The van der Waals surface area contributed by atoms with Crippen molar-refractivity contribution in [3.8, 4) is 0 Å². The van der Waals surface area contributed by atoms with Crippen molar-refractivity contribution in [2.45, 2.75) is 64.7 Å². The molecule has 0 nitrogen and oxygen atoms in total. The summed E-state index contributed by atoms with van der Waals surface area (Å²) in [6, 6.07) is 23.6. The largest absolute Gasteiger partial charge is 0.206 e. The second-order valence-electron chi connectivity index (χ2n) is 9.47. The Hall–Kier alpha value is -2.71. The number of benzene rings is 4. The van der Waals surface area contributed by atoms with E-state index in [0.29, 0.717) is 23.8 Å². The summed E-state index contributed by atoms with van der Waals surface area (Å²) in [6.45, 7) is 2.24. The molecule has 0 bridgehead atoms. The van der Waals surface area contributed by atoms with Gasteiger partial charge in [-0.25, -0.2) is 8.78 Å². The predicted molar refractivity (Wildman–Crippen MR) is 144 cm³/mol. The first-order valence-electron chi connectivity index (χ1n) is 12.7. The van der Waals surface area contributed by atoms with Crippen LogP contribution in [0.25, 0.3) is 10.8 Å². The molecular formula is C32H33ClF2. The standard InChI is InChI=1S/C32H33ClF2/c1-2-3-4-5-6-23-7-9-24(10-8-23)11-12-25-14-19-29-28(21-25)18-17-27(32(29)35)16-13-26-15-20-30(33)31(34)22-26/h7-10,14-15,17-22H,2-6,11-13,16H2,1H3. The van der Waals surface area contributed by atoms with Gasteiger partial charge >= 0.3 is 0 Å². The highest BCUT2D eigenvalue weighted by Crippen LogP contribution is 2.25. The molecule has 0 amide bonds. The minimum Gasteiger partial charge on any atom is -0.206 e. The highest BCUT2D eigenvalue weighted by molar-refractivity contribution is 6.30. The molecule has 0 aliphatic carbocycles. The Bertz CT molecular complexity index is 1260. The van der Waals surface area contributed by atoms with Crippen LogP contribution in [0.15, 0.2) is 72.8 Å². The summed E-state index contributed by atoms with van der Waals surface area (Å²) in [5, 5.41) is 1.67. The van der Waals surface area contributed by atoms with Gasteiger partial charge < -0.3 is 0 Å². The summed E-state index contributed by atoms with van der Waals surface area (Å²) < 4.78 is 28.9. The molecule has 4 rings (SSSR count). The molecular weight excluding hydrogens is 458 g/mol. The predicted octanol–water partition coefficient (Wildman–Crippen LogP) is 9.46. The van der Waals surface area contributed by atoms with E-state index in [4.69, 9.17) is 11.6 Å². The van der Waals surface area contributed by atoms with Crippen LogP contribution in [0.3, 0.4) is 0 Å². The summed E-state index contributed by atoms with van der Waals surface area (Å²) in [6.07, 6.45) is 9.30. The van der Waals surface area contributed by atoms with Gasteiger partial charge in [0.2, 0.25) is 0 Å².